The van der Waals surface area contributed by atoms with Crippen LogP contribution in [-0.2, 0) is 0 Å². The summed E-state index contributed by atoms with van der Waals surface area (Å²) >= 11 is 6.01. The van der Waals surface area contributed by atoms with Crippen LogP contribution < -0.4 is 0 Å². The van der Waals surface area contributed by atoms with Crippen LogP contribution in [0.15, 0.2) is 0 Å². The fraction of sp³-hybridized carbons (Fsp3) is 1.00. The van der Waals surface area contributed by atoms with E-state index in [2.05, 4.69) is 0 Å². The fourth-order valence-electron chi connectivity index (χ4n) is 2.17. The molecule has 0 aromatic heterocycles. The molecule has 2 fully saturated rings. The molecule has 0 aromatic carbocycles. The Labute approximate surface area is 55.2 Å². The molecule has 0 aliphatic heterocycles. The van der Waals surface area contributed by atoms with Crippen molar-refractivity contribution in [2.75, 3.05) is 0 Å². The fourth-order valence-corrected chi connectivity index (χ4v) is 2.65. The average Bonchev–Trinajstić information content (AvgIpc) is 2.23. The van der Waals surface area contributed by atoms with E-state index in [0.29, 0.717) is 5.38 Å². The molecule has 0 spiro atoms. The molecule has 2 aliphatic rings. The van der Waals surface area contributed by atoms with Gasteiger partial charge in [0.2, 0.25) is 0 Å². The molecule has 0 aromatic rings. The van der Waals surface area contributed by atoms with Crippen molar-refractivity contribution in [1.29, 1.82) is 0 Å². The number of halogens is 1. The van der Waals surface area contributed by atoms with Crippen LogP contribution in [0.1, 0.15) is 25.7 Å². The van der Waals surface area contributed by atoms with Gasteiger partial charge in [-0.2, -0.15) is 0 Å². The van der Waals surface area contributed by atoms with Crippen LogP contribution in [0.2, 0.25) is 0 Å². The van der Waals surface area contributed by atoms with Crippen molar-refractivity contribution in [1.82, 2.24) is 0 Å². The van der Waals surface area contributed by atoms with Gasteiger partial charge in [-0.25, -0.2) is 0 Å². The molecule has 0 amide bonds. The Morgan fingerprint density at radius 3 is 2.25 bits per heavy atom. The van der Waals surface area contributed by atoms with Gasteiger partial charge in [-0.1, -0.05) is 6.42 Å². The minimum Gasteiger partial charge on any atom is -0.123 e. The van der Waals surface area contributed by atoms with E-state index in [1.54, 1.807) is 0 Å². The maximum absolute atomic E-state index is 6.01. The van der Waals surface area contributed by atoms with Crippen LogP contribution in [0.25, 0.3) is 0 Å². The van der Waals surface area contributed by atoms with Crippen LogP contribution in [0.3, 0.4) is 0 Å². The largest absolute Gasteiger partial charge is 0.123 e. The Hall–Kier alpha value is 0.290. The number of rotatable bonds is 0. The summed E-state index contributed by atoms with van der Waals surface area (Å²) in [7, 11) is 0. The lowest BCUT2D eigenvalue weighted by Gasteiger charge is -2.13. The van der Waals surface area contributed by atoms with Gasteiger partial charge in [0.1, 0.15) is 0 Å². The number of fused-ring (bicyclic) bond motifs is 2. The Kier molecular flexibility index (Phi) is 1.04. The highest BCUT2D eigenvalue weighted by Crippen LogP contribution is 2.46. The molecule has 0 heterocycles. The van der Waals surface area contributed by atoms with E-state index >= 15 is 0 Å². The lowest BCUT2D eigenvalue weighted by molar-refractivity contribution is 0.487. The predicted molar refractivity (Wildman–Crippen MR) is 35.1 cm³/mol. The zero-order valence-electron chi connectivity index (χ0n) is 4.94. The average molecular weight is 131 g/mol. The Morgan fingerprint density at radius 2 is 2.00 bits per heavy atom. The first-order valence-electron chi connectivity index (χ1n) is 3.50. The van der Waals surface area contributed by atoms with Crippen molar-refractivity contribution in [2.24, 2.45) is 11.8 Å². The molecule has 3 atom stereocenters. The van der Waals surface area contributed by atoms with Gasteiger partial charge in [-0.3, -0.25) is 0 Å². The van der Waals surface area contributed by atoms with Gasteiger partial charge in [0.05, 0.1) is 0 Å². The first-order chi connectivity index (χ1) is 3.86. The van der Waals surface area contributed by atoms with Crippen LogP contribution in [0.5, 0.6) is 0 Å². The first-order valence-corrected chi connectivity index (χ1v) is 3.94. The molecule has 0 N–H and O–H groups in total. The molecule has 1 unspecified atom stereocenters. The third-order valence-electron chi connectivity index (χ3n) is 2.65. The molecular weight excluding hydrogens is 120 g/mol. The van der Waals surface area contributed by atoms with Gasteiger partial charge in [0, 0.05) is 5.38 Å². The van der Waals surface area contributed by atoms with Gasteiger partial charge in [0.15, 0.2) is 0 Å². The SMILES string of the molecule is Cl[C@@H]1CC2CC[C@@H]1C2. The van der Waals surface area contributed by atoms with Crippen molar-refractivity contribution in [3.8, 4) is 0 Å². The summed E-state index contributed by atoms with van der Waals surface area (Å²) in [4.78, 5) is 0. The normalized spacial score (nSPS) is 52.9. The summed E-state index contributed by atoms with van der Waals surface area (Å²) in [5.74, 6) is 1.92. The summed E-state index contributed by atoms with van der Waals surface area (Å²) in [5.41, 5.74) is 0. The molecule has 1 heteroatoms. The van der Waals surface area contributed by atoms with Crippen LogP contribution in [0.4, 0.5) is 0 Å². The van der Waals surface area contributed by atoms with E-state index in [1.807, 2.05) is 0 Å². The van der Waals surface area contributed by atoms with E-state index in [4.69, 9.17) is 11.6 Å². The first kappa shape index (κ1) is 5.10. The standard InChI is InChI=1S/C7H11Cl/c8-7-4-5-1-2-6(7)3-5/h5-7H,1-4H2/t5?,6-,7-/m1/s1. The maximum Gasteiger partial charge on any atom is 0.0367 e. The Morgan fingerprint density at radius 1 is 1.12 bits per heavy atom. The summed E-state index contributed by atoms with van der Waals surface area (Å²) in [6.45, 7) is 0. The number of alkyl halides is 1. The molecule has 2 rings (SSSR count). The smallest absolute Gasteiger partial charge is 0.0367 e. The molecule has 0 saturated heterocycles. The monoisotopic (exact) mass is 130 g/mol. The Balaban J connectivity index is 2.11. The van der Waals surface area contributed by atoms with E-state index in [0.717, 1.165) is 11.8 Å². The Bertz CT molecular complexity index is 98.6. The second kappa shape index (κ2) is 1.63. The zero-order valence-corrected chi connectivity index (χ0v) is 5.69. The number of hydrogen-bond acceptors (Lipinski definition) is 0. The summed E-state index contributed by atoms with van der Waals surface area (Å²) in [5, 5.41) is 0.550. The van der Waals surface area contributed by atoms with Crippen molar-refractivity contribution in [3.05, 3.63) is 0 Å². The lowest BCUT2D eigenvalue weighted by atomic mass is 10.0. The van der Waals surface area contributed by atoms with Crippen LogP contribution >= 0.6 is 11.6 Å². The zero-order chi connectivity index (χ0) is 5.56. The van der Waals surface area contributed by atoms with Crippen molar-refractivity contribution in [3.63, 3.8) is 0 Å². The molecule has 46 valence electrons. The molecular formula is C7H11Cl. The van der Waals surface area contributed by atoms with Crippen LogP contribution in [-0.4, -0.2) is 5.38 Å². The van der Waals surface area contributed by atoms with Gasteiger partial charge in [0.25, 0.3) is 0 Å². The lowest BCUT2D eigenvalue weighted by Crippen LogP contribution is -2.08. The third kappa shape index (κ3) is 0.589. The van der Waals surface area contributed by atoms with Crippen molar-refractivity contribution < 1.29 is 0 Å². The maximum atomic E-state index is 6.01. The minimum atomic E-state index is 0.550. The van der Waals surface area contributed by atoms with E-state index in [-0.39, 0.29) is 0 Å². The summed E-state index contributed by atoms with van der Waals surface area (Å²) in [6, 6.07) is 0. The second-order valence-electron chi connectivity index (χ2n) is 3.19. The molecule has 8 heavy (non-hydrogen) atoms. The van der Waals surface area contributed by atoms with Gasteiger partial charge >= 0.3 is 0 Å². The molecule has 2 aliphatic carbocycles. The highest BCUT2D eigenvalue weighted by Gasteiger charge is 2.38. The van der Waals surface area contributed by atoms with Crippen LogP contribution in [0, 0.1) is 11.8 Å². The topological polar surface area (TPSA) is 0 Å². The molecule has 0 radical (unpaired) electrons. The van der Waals surface area contributed by atoms with Crippen molar-refractivity contribution in [2.45, 2.75) is 31.1 Å². The molecule has 2 saturated carbocycles. The van der Waals surface area contributed by atoms with E-state index in [1.165, 1.54) is 25.7 Å². The van der Waals surface area contributed by atoms with Crippen molar-refractivity contribution >= 4 is 11.6 Å². The third-order valence-corrected chi connectivity index (χ3v) is 3.19. The summed E-state index contributed by atoms with van der Waals surface area (Å²) < 4.78 is 0. The van der Waals surface area contributed by atoms with Gasteiger partial charge in [-0.05, 0) is 31.1 Å². The molecule has 2 bridgehead atoms. The second-order valence-corrected chi connectivity index (χ2v) is 3.75. The highest BCUT2D eigenvalue weighted by molar-refractivity contribution is 6.21. The van der Waals surface area contributed by atoms with E-state index < -0.39 is 0 Å². The van der Waals surface area contributed by atoms with E-state index in [9.17, 15) is 0 Å². The number of hydrogen-bond donors (Lipinski definition) is 0. The quantitative estimate of drug-likeness (QED) is 0.442. The minimum absolute atomic E-state index is 0.550. The summed E-state index contributed by atoms with van der Waals surface area (Å²) in [6.07, 6.45) is 5.63. The van der Waals surface area contributed by atoms with Gasteiger partial charge in [-0.15, -0.1) is 11.6 Å². The van der Waals surface area contributed by atoms with Gasteiger partial charge < -0.3 is 0 Å². The molecule has 0 nitrogen and oxygen atoms in total. The highest BCUT2D eigenvalue weighted by atomic mass is 35.5. The predicted octanol–water partition coefficient (Wildman–Crippen LogP) is 2.41.